The van der Waals surface area contributed by atoms with E-state index >= 15 is 0 Å². The molecule has 2 rings (SSSR count). The quantitative estimate of drug-likeness (QED) is 0.778. The van der Waals surface area contributed by atoms with Crippen LogP contribution in [0.25, 0.3) is 0 Å². The van der Waals surface area contributed by atoms with Crippen molar-refractivity contribution in [2.45, 2.75) is 51.7 Å². The van der Waals surface area contributed by atoms with Crippen molar-refractivity contribution in [1.29, 1.82) is 0 Å². The molecule has 1 N–H and O–H groups in total. The predicted molar refractivity (Wildman–Crippen MR) is 97.2 cm³/mol. The molecule has 1 fully saturated rings. The van der Waals surface area contributed by atoms with Crippen molar-refractivity contribution in [1.82, 2.24) is 9.80 Å². The molecule has 0 unspecified atom stereocenters. The Labute approximate surface area is 153 Å². The average Bonchev–Trinajstić information content (AvgIpc) is 2.60. The summed E-state index contributed by atoms with van der Waals surface area (Å²) in [6.45, 7) is 7.72. The van der Waals surface area contributed by atoms with Gasteiger partial charge in [-0.15, -0.1) is 0 Å². The lowest BCUT2D eigenvalue weighted by Crippen LogP contribution is -2.49. The van der Waals surface area contributed by atoms with E-state index in [1.165, 1.54) is 12.1 Å². The fourth-order valence-corrected chi connectivity index (χ4v) is 3.43. The van der Waals surface area contributed by atoms with Crippen molar-refractivity contribution >= 4 is 11.7 Å². The van der Waals surface area contributed by atoms with Crippen molar-refractivity contribution in [2.24, 2.45) is 0 Å². The maximum atomic E-state index is 12.8. The lowest BCUT2D eigenvalue weighted by Gasteiger charge is -2.38. The Morgan fingerprint density at radius 2 is 1.92 bits per heavy atom. The van der Waals surface area contributed by atoms with Crippen molar-refractivity contribution < 1.29 is 18.0 Å². The summed E-state index contributed by atoms with van der Waals surface area (Å²) in [7, 11) is 0. The fraction of sp³-hybridized carbons (Fsp3) is 0.632. The number of alkyl halides is 3. The molecule has 1 heterocycles. The van der Waals surface area contributed by atoms with Gasteiger partial charge in [0.2, 0.25) is 0 Å². The number of hydrogen-bond acceptors (Lipinski definition) is 2. The van der Waals surface area contributed by atoms with Gasteiger partial charge in [0, 0.05) is 31.4 Å². The van der Waals surface area contributed by atoms with Crippen LogP contribution in [0.2, 0.25) is 0 Å². The molecule has 0 atom stereocenters. The number of amides is 2. The monoisotopic (exact) mass is 371 g/mol. The van der Waals surface area contributed by atoms with E-state index in [2.05, 4.69) is 17.1 Å². The summed E-state index contributed by atoms with van der Waals surface area (Å²) in [5.74, 6) is 0. The molecule has 0 aliphatic carbocycles. The summed E-state index contributed by atoms with van der Waals surface area (Å²) in [6.07, 6.45) is -0.702. The van der Waals surface area contributed by atoms with Crippen LogP contribution >= 0.6 is 0 Å². The maximum Gasteiger partial charge on any atom is 0.416 e. The molecule has 146 valence electrons. The van der Waals surface area contributed by atoms with Crippen molar-refractivity contribution in [2.75, 3.05) is 31.5 Å². The highest BCUT2D eigenvalue weighted by atomic mass is 19.4. The largest absolute Gasteiger partial charge is 0.416 e. The zero-order valence-corrected chi connectivity index (χ0v) is 15.5. The molecule has 1 saturated heterocycles. The van der Waals surface area contributed by atoms with Gasteiger partial charge in [0.15, 0.2) is 0 Å². The van der Waals surface area contributed by atoms with Gasteiger partial charge in [-0.25, -0.2) is 4.79 Å². The Morgan fingerprint density at radius 1 is 1.23 bits per heavy atom. The zero-order valence-electron chi connectivity index (χ0n) is 15.5. The number of likely N-dealkylation sites (tertiary alicyclic amines) is 1. The first-order chi connectivity index (χ1) is 12.3. The van der Waals surface area contributed by atoms with E-state index in [4.69, 9.17) is 0 Å². The molecule has 0 bridgehead atoms. The molecule has 26 heavy (non-hydrogen) atoms. The predicted octanol–water partition coefficient (Wildman–Crippen LogP) is 4.82. The lowest BCUT2D eigenvalue weighted by atomic mass is 10.0. The molecule has 0 saturated carbocycles. The number of piperidine rings is 1. The summed E-state index contributed by atoms with van der Waals surface area (Å²) in [4.78, 5) is 16.9. The van der Waals surface area contributed by atoms with E-state index < -0.39 is 11.7 Å². The summed E-state index contributed by atoms with van der Waals surface area (Å²) in [5, 5.41) is 2.65. The van der Waals surface area contributed by atoms with Crippen molar-refractivity contribution in [3.63, 3.8) is 0 Å². The Bertz CT molecular complexity index is 584. The molecule has 4 nitrogen and oxygen atoms in total. The SMILES string of the molecule is CCCN1CCC(N(CCC)C(=O)Nc2cccc(C(F)(F)F)c2)CC1. The van der Waals surface area contributed by atoms with E-state index in [1.54, 1.807) is 4.90 Å². The van der Waals surface area contributed by atoms with Crippen LogP contribution in [-0.2, 0) is 6.18 Å². The third kappa shape index (κ3) is 5.62. The second-order valence-electron chi connectivity index (χ2n) is 6.77. The van der Waals surface area contributed by atoms with Crippen molar-refractivity contribution in [3.05, 3.63) is 29.8 Å². The molecular weight excluding hydrogens is 343 g/mol. The normalized spacial score (nSPS) is 16.5. The number of rotatable bonds is 6. The standard InChI is InChI=1S/C19H28F3N3O/c1-3-10-24-12-8-17(9-13-24)25(11-4-2)18(26)23-16-7-5-6-15(14-16)19(20,21)22/h5-7,14,17H,3-4,8-13H2,1-2H3,(H,23,26). The molecule has 1 aliphatic rings. The number of nitrogens with zero attached hydrogens (tertiary/aromatic N) is 2. The lowest BCUT2D eigenvalue weighted by molar-refractivity contribution is -0.137. The Morgan fingerprint density at radius 3 is 2.50 bits per heavy atom. The first-order valence-corrected chi connectivity index (χ1v) is 9.32. The first-order valence-electron chi connectivity index (χ1n) is 9.32. The van der Waals surface area contributed by atoms with Crippen LogP contribution < -0.4 is 5.32 Å². The van der Waals surface area contributed by atoms with Gasteiger partial charge >= 0.3 is 12.2 Å². The van der Waals surface area contributed by atoms with E-state index in [0.29, 0.717) is 6.54 Å². The number of carbonyl (C=O) groups excluding carboxylic acids is 1. The van der Waals surface area contributed by atoms with Crippen LogP contribution in [0, 0.1) is 0 Å². The third-order valence-electron chi connectivity index (χ3n) is 4.70. The van der Waals surface area contributed by atoms with Crippen LogP contribution in [0.15, 0.2) is 24.3 Å². The Hall–Kier alpha value is -1.76. The van der Waals surface area contributed by atoms with E-state index in [9.17, 15) is 18.0 Å². The summed E-state index contributed by atoms with van der Waals surface area (Å²) < 4.78 is 38.5. The number of carbonyl (C=O) groups is 1. The number of halogens is 3. The van der Waals surface area contributed by atoms with Gasteiger partial charge in [-0.2, -0.15) is 13.2 Å². The molecule has 0 aromatic heterocycles. The molecule has 0 radical (unpaired) electrons. The molecule has 1 aromatic carbocycles. The van der Waals surface area contributed by atoms with Crippen LogP contribution in [0.4, 0.5) is 23.7 Å². The van der Waals surface area contributed by atoms with E-state index in [-0.39, 0.29) is 17.8 Å². The number of hydrogen-bond donors (Lipinski definition) is 1. The van der Waals surface area contributed by atoms with E-state index in [1.807, 2.05) is 6.92 Å². The highest BCUT2D eigenvalue weighted by molar-refractivity contribution is 5.89. The highest BCUT2D eigenvalue weighted by Gasteiger charge is 2.31. The first kappa shape index (κ1) is 20.6. The zero-order chi connectivity index (χ0) is 19.2. The topological polar surface area (TPSA) is 35.6 Å². The minimum absolute atomic E-state index is 0.133. The maximum absolute atomic E-state index is 12.8. The Balaban J connectivity index is 2.03. The highest BCUT2D eigenvalue weighted by Crippen LogP contribution is 2.30. The summed E-state index contributed by atoms with van der Waals surface area (Å²) >= 11 is 0. The van der Waals surface area contributed by atoms with Gasteiger partial charge in [0.25, 0.3) is 0 Å². The fourth-order valence-electron chi connectivity index (χ4n) is 3.43. The smallest absolute Gasteiger partial charge is 0.321 e. The van der Waals surface area contributed by atoms with Gasteiger partial charge < -0.3 is 15.1 Å². The Kier molecular flexibility index (Phi) is 7.32. The van der Waals surface area contributed by atoms with Gasteiger partial charge in [0.05, 0.1) is 5.56 Å². The minimum atomic E-state index is -4.42. The molecule has 1 aliphatic heterocycles. The third-order valence-corrected chi connectivity index (χ3v) is 4.70. The molecule has 0 spiro atoms. The van der Waals surface area contributed by atoms with Gasteiger partial charge in [-0.05, 0) is 50.4 Å². The van der Waals surface area contributed by atoms with Gasteiger partial charge in [0.1, 0.15) is 0 Å². The number of benzene rings is 1. The van der Waals surface area contributed by atoms with Crippen LogP contribution in [-0.4, -0.2) is 48.1 Å². The summed E-state index contributed by atoms with van der Waals surface area (Å²) in [6, 6.07) is 4.59. The number of anilines is 1. The number of nitrogens with one attached hydrogen (secondary N) is 1. The second-order valence-corrected chi connectivity index (χ2v) is 6.77. The summed E-state index contributed by atoms with van der Waals surface area (Å²) in [5.41, 5.74) is -0.584. The van der Waals surface area contributed by atoms with Crippen LogP contribution in [0.3, 0.4) is 0 Å². The minimum Gasteiger partial charge on any atom is -0.321 e. The number of urea groups is 1. The molecule has 1 aromatic rings. The van der Waals surface area contributed by atoms with Crippen molar-refractivity contribution in [3.8, 4) is 0 Å². The van der Waals surface area contributed by atoms with Gasteiger partial charge in [-0.1, -0.05) is 19.9 Å². The second kappa shape index (κ2) is 9.26. The van der Waals surface area contributed by atoms with Gasteiger partial charge in [-0.3, -0.25) is 0 Å². The van der Waals surface area contributed by atoms with E-state index in [0.717, 1.165) is 57.5 Å². The van der Waals surface area contributed by atoms with Crippen LogP contribution in [0.5, 0.6) is 0 Å². The average molecular weight is 371 g/mol. The molecule has 7 heteroatoms. The molecule has 2 amide bonds. The van der Waals surface area contributed by atoms with Crippen LogP contribution in [0.1, 0.15) is 45.1 Å². The molecular formula is C19H28F3N3O.